The maximum Gasteiger partial charge on any atom is 0.310 e. The van der Waals surface area contributed by atoms with Crippen LogP contribution in [0.4, 0.5) is 19.4 Å². The fourth-order valence-corrected chi connectivity index (χ4v) is 6.10. The van der Waals surface area contributed by atoms with Gasteiger partial charge in [0.1, 0.15) is 28.2 Å². The first-order valence-corrected chi connectivity index (χ1v) is 16.5. The second-order valence-corrected chi connectivity index (χ2v) is 13.8. The predicted octanol–water partition coefficient (Wildman–Crippen LogP) is 6.83. The van der Waals surface area contributed by atoms with E-state index in [2.05, 4.69) is 15.2 Å². The van der Waals surface area contributed by atoms with Crippen LogP contribution in [0, 0.1) is 0 Å². The number of carbonyl (C=O) groups excluding carboxylic acids is 2. The van der Waals surface area contributed by atoms with Crippen molar-refractivity contribution in [3.63, 3.8) is 0 Å². The van der Waals surface area contributed by atoms with Crippen LogP contribution in [0.25, 0.3) is 0 Å². The number of ether oxygens (including phenoxy) is 2. The number of hydrogen-bond acceptors (Lipinski definition) is 6. The zero-order valence-electron chi connectivity index (χ0n) is 24.6. The molecule has 5 rings (SSSR count). The van der Waals surface area contributed by atoms with Crippen molar-refractivity contribution in [2.45, 2.75) is 49.3 Å². The van der Waals surface area contributed by atoms with E-state index in [-0.39, 0.29) is 29.3 Å². The van der Waals surface area contributed by atoms with Crippen molar-refractivity contribution in [2.75, 3.05) is 33.3 Å². The summed E-state index contributed by atoms with van der Waals surface area (Å²) in [6.45, 7) is 3.17. The third kappa shape index (κ3) is 8.63. The summed E-state index contributed by atoms with van der Waals surface area (Å²) in [5.74, 6) is 0.299. The van der Waals surface area contributed by atoms with E-state index in [4.69, 9.17) is 9.47 Å². The molecule has 2 amide bonds. The van der Waals surface area contributed by atoms with Crippen LogP contribution in [-0.4, -0.2) is 72.0 Å². The van der Waals surface area contributed by atoms with Gasteiger partial charge in [-0.15, -0.1) is 0 Å². The number of nitrogens with one attached hydrogen (secondary N) is 1. The van der Waals surface area contributed by atoms with Gasteiger partial charge in [0.05, 0.1) is 12.7 Å². The van der Waals surface area contributed by atoms with Gasteiger partial charge in [-0.25, -0.2) is 0 Å². The number of methoxy groups -OCH3 is 1. The molecule has 244 valence electrons. The van der Waals surface area contributed by atoms with Gasteiger partial charge in [0.15, 0.2) is 0 Å². The lowest BCUT2D eigenvalue weighted by atomic mass is 10.0. The van der Waals surface area contributed by atoms with Gasteiger partial charge in [-0.1, -0.05) is 31.6 Å². The monoisotopic (exact) mass is 654 g/mol. The average molecular weight is 655 g/mol. The first-order valence-electron chi connectivity index (χ1n) is 14.6. The average Bonchev–Trinajstić information content (AvgIpc) is 3.01. The summed E-state index contributed by atoms with van der Waals surface area (Å²) in [6.07, 6.45) is 3.42. The molecule has 45 heavy (non-hydrogen) atoms. The summed E-state index contributed by atoms with van der Waals surface area (Å²) in [5.41, 5.74) is 1.74. The highest BCUT2D eigenvalue weighted by Crippen LogP contribution is 3.02. The first-order chi connectivity index (χ1) is 21.2. The summed E-state index contributed by atoms with van der Waals surface area (Å²) >= 11 is 0. The van der Waals surface area contributed by atoms with Crippen LogP contribution in [0.3, 0.4) is 0 Å². The number of halogens is 5. The molecule has 2 saturated heterocycles. The van der Waals surface area contributed by atoms with Crippen molar-refractivity contribution in [1.82, 2.24) is 20.1 Å². The second-order valence-electron chi connectivity index (χ2n) is 11.4. The molecule has 2 fully saturated rings. The van der Waals surface area contributed by atoms with E-state index in [0.29, 0.717) is 43.6 Å². The summed E-state index contributed by atoms with van der Waals surface area (Å²) in [4.78, 5) is 32.0. The van der Waals surface area contributed by atoms with Crippen LogP contribution in [0.2, 0.25) is 0 Å². The minimum atomic E-state index is -9.74. The molecule has 3 heterocycles. The molecule has 0 spiro atoms. The smallest absolute Gasteiger partial charge is 0.310 e. The highest BCUT2D eigenvalue weighted by molar-refractivity contribution is 8.45. The minimum Gasteiger partial charge on any atom is -0.497 e. The Bertz CT molecular complexity index is 1490. The van der Waals surface area contributed by atoms with Gasteiger partial charge in [0.25, 0.3) is 11.8 Å². The van der Waals surface area contributed by atoms with Gasteiger partial charge in [0.2, 0.25) is 0 Å². The Hall–Kier alpha value is -3.91. The first kappa shape index (κ1) is 32.5. The molecule has 1 aromatic heterocycles. The molecule has 3 aromatic rings. The van der Waals surface area contributed by atoms with Crippen LogP contribution >= 0.6 is 10.2 Å². The topological polar surface area (TPSA) is 84.0 Å². The maximum absolute atomic E-state index is 13.0. The minimum absolute atomic E-state index is 0.0410. The summed E-state index contributed by atoms with van der Waals surface area (Å²) in [7, 11) is -8.10. The predicted molar refractivity (Wildman–Crippen MR) is 160 cm³/mol. The number of benzene rings is 2. The Morgan fingerprint density at radius 2 is 1.47 bits per heavy atom. The van der Waals surface area contributed by atoms with E-state index < -0.39 is 21.2 Å². The lowest BCUT2D eigenvalue weighted by molar-refractivity contribution is 0.0589. The number of likely N-dealkylation sites (tertiary alicyclic amines) is 2. The second kappa shape index (κ2) is 12.1. The molecule has 0 aliphatic carbocycles. The number of aromatic nitrogens is 1. The number of nitrogens with zero attached hydrogens (tertiary/aromatic N) is 3. The Labute approximate surface area is 258 Å². The number of piperidine rings is 2. The molecular weight excluding hydrogens is 619 g/mol. The summed E-state index contributed by atoms with van der Waals surface area (Å²) in [6, 6.07) is 13.5. The van der Waals surface area contributed by atoms with Gasteiger partial charge in [-0.2, -0.15) is 0 Å². The zero-order chi connectivity index (χ0) is 32.3. The standard InChI is InChI=1S/C31H35F5N4O4S/c1-43-25-5-2-22(3-6-25)21-39-16-12-24(13-17-39)38-30(41)23-4-11-29(37-20-23)31(42)40-18-14-27(15-19-40)44-26-7-9-28(10-8-26)45(32,33,34,35)36/h2-11,20,24,27H,12-19,21H2,1H3,(H,38,41). The molecule has 2 aromatic carbocycles. The van der Waals surface area contributed by atoms with Crippen LogP contribution in [0.5, 0.6) is 11.5 Å². The summed E-state index contributed by atoms with van der Waals surface area (Å²) < 4.78 is 75.5. The van der Waals surface area contributed by atoms with Crippen molar-refractivity contribution in [3.8, 4) is 11.5 Å². The molecule has 2 aliphatic heterocycles. The number of pyridine rings is 1. The van der Waals surface area contributed by atoms with Crippen LogP contribution < -0.4 is 14.8 Å². The molecule has 0 bridgehead atoms. The SMILES string of the molecule is COc1ccc(CN2CCC(NC(=O)c3ccc(C(=O)N4CCC(Oc5ccc(S(F)(F)(F)(F)F)cc5)CC4)nc3)CC2)cc1. The molecule has 0 saturated carbocycles. The molecule has 8 nitrogen and oxygen atoms in total. The third-order valence-corrected chi connectivity index (χ3v) is 9.20. The van der Waals surface area contributed by atoms with E-state index in [1.54, 1.807) is 18.1 Å². The number of carbonyl (C=O) groups is 2. The zero-order valence-corrected chi connectivity index (χ0v) is 25.5. The van der Waals surface area contributed by atoms with Crippen LogP contribution in [0.15, 0.2) is 71.8 Å². The fraction of sp³-hybridized carbons (Fsp3) is 0.387. The summed E-state index contributed by atoms with van der Waals surface area (Å²) in [5, 5.41) is 3.06. The van der Waals surface area contributed by atoms with Gasteiger partial charge in [-0.3, -0.25) is 19.5 Å². The molecule has 0 atom stereocenters. The quantitative estimate of drug-likeness (QED) is 0.255. The maximum atomic E-state index is 13.0. The van der Waals surface area contributed by atoms with Crippen molar-refractivity contribution in [2.24, 2.45) is 0 Å². The Kier molecular flexibility index (Phi) is 8.75. The molecule has 1 N–H and O–H groups in total. The Balaban J connectivity index is 1.05. The van der Waals surface area contributed by atoms with E-state index in [0.717, 1.165) is 50.4 Å². The van der Waals surface area contributed by atoms with E-state index >= 15 is 0 Å². The van der Waals surface area contributed by atoms with Gasteiger partial charge >= 0.3 is 10.2 Å². The van der Waals surface area contributed by atoms with Crippen molar-refractivity contribution < 1.29 is 38.5 Å². The molecule has 0 radical (unpaired) electrons. The van der Waals surface area contributed by atoms with E-state index in [1.807, 2.05) is 24.3 Å². The highest BCUT2D eigenvalue weighted by atomic mass is 32.5. The van der Waals surface area contributed by atoms with Crippen LogP contribution in [-0.2, 0) is 6.54 Å². The Morgan fingerprint density at radius 3 is 2.02 bits per heavy atom. The van der Waals surface area contributed by atoms with Gasteiger partial charge < -0.3 is 19.7 Å². The third-order valence-electron chi connectivity index (χ3n) is 8.03. The number of rotatable bonds is 9. The Morgan fingerprint density at radius 1 is 0.844 bits per heavy atom. The lowest BCUT2D eigenvalue weighted by Gasteiger charge is -2.40. The lowest BCUT2D eigenvalue weighted by Crippen LogP contribution is -2.44. The molecule has 14 heteroatoms. The van der Waals surface area contributed by atoms with Gasteiger partial charge in [-0.05, 0) is 66.9 Å². The van der Waals surface area contributed by atoms with Crippen LogP contribution in [0.1, 0.15) is 52.1 Å². The number of hydrogen-bond donors (Lipinski definition) is 1. The molecule has 0 unspecified atom stereocenters. The van der Waals surface area contributed by atoms with Crippen molar-refractivity contribution >= 4 is 22.0 Å². The fourth-order valence-electron chi connectivity index (χ4n) is 5.45. The number of amides is 2. The van der Waals surface area contributed by atoms with E-state index in [1.165, 1.54) is 17.8 Å². The van der Waals surface area contributed by atoms with Crippen molar-refractivity contribution in [3.05, 3.63) is 83.7 Å². The molecule has 2 aliphatic rings. The highest BCUT2D eigenvalue weighted by Gasteiger charge is 2.65. The van der Waals surface area contributed by atoms with Gasteiger partial charge in [0, 0.05) is 57.8 Å². The largest absolute Gasteiger partial charge is 0.497 e. The van der Waals surface area contributed by atoms with Crippen molar-refractivity contribution in [1.29, 1.82) is 0 Å². The normalized spacial score (nSPS) is 18.5. The molecular formula is C31H35F5N4O4S. The van der Waals surface area contributed by atoms with E-state index in [9.17, 15) is 29.0 Å².